The Morgan fingerprint density at radius 1 is 1.43 bits per heavy atom. The number of hydrogen-bond acceptors (Lipinski definition) is 3. The van der Waals surface area contributed by atoms with Crippen LogP contribution in [0.3, 0.4) is 0 Å². The van der Waals surface area contributed by atoms with Gasteiger partial charge in [-0.3, -0.25) is 0 Å². The second-order valence-electron chi connectivity index (χ2n) is 5.57. The summed E-state index contributed by atoms with van der Waals surface area (Å²) in [7, 11) is 2.04. The Morgan fingerprint density at radius 3 is 3.10 bits per heavy atom. The zero-order chi connectivity index (χ0) is 14.7. The van der Waals surface area contributed by atoms with Crippen LogP contribution in [0.4, 0.5) is 0 Å². The number of fused-ring (bicyclic) bond motifs is 1. The van der Waals surface area contributed by atoms with Crippen molar-refractivity contribution >= 4 is 0 Å². The zero-order valence-electron chi connectivity index (χ0n) is 12.8. The summed E-state index contributed by atoms with van der Waals surface area (Å²) >= 11 is 0. The quantitative estimate of drug-likeness (QED) is 0.918. The SMILES string of the molecule is CNC1CCCc2c(OCCn3ccnc3C)cccc21. The van der Waals surface area contributed by atoms with Gasteiger partial charge in [-0.05, 0) is 50.4 Å². The van der Waals surface area contributed by atoms with Crippen LogP contribution in [-0.4, -0.2) is 23.2 Å². The molecule has 0 fully saturated rings. The van der Waals surface area contributed by atoms with Crippen molar-refractivity contribution in [2.75, 3.05) is 13.7 Å². The molecule has 0 spiro atoms. The fraction of sp³-hybridized carbons (Fsp3) is 0.471. The molecule has 1 N–H and O–H groups in total. The van der Waals surface area contributed by atoms with Crippen LogP contribution in [-0.2, 0) is 13.0 Å². The molecule has 1 aromatic carbocycles. The molecule has 1 atom stereocenters. The van der Waals surface area contributed by atoms with Crippen molar-refractivity contribution in [3.63, 3.8) is 0 Å². The number of aromatic nitrogens is 2. The van der Waals surface area contributed by atoms with E-state index < -0.39 is 0 Å². The van der Waals surface area contributed by atoms with Crippen molar-refractivity contribution in [3.05, 3.63) is 47.5 Å². The molecule has 0 aliphatic heterocycles. The minimum atomic E-state index is 0.466. The van der Waals surface area contributed by atoms with E-state index in [9.17, 15) is 0 Å². The summed E-state index contributed by atoms with van der Waals surface area (Å²) in [5, 5.41) is 3.41. The van der Waals surface area contributed by atoms with Gasteiger partial charge in [-0.15, -0.1) is 0 Å². The van der Waals surface area contributed by atoms with Crippen molar-refractivity contribution in [2.24, 2.45) is 0 Å². The molecule has 4 nitrogen and oxygen atoms in total. The summed E-state index contributed by atoms with van der Waals surface area (Å²) < 4.78 is 8.17. The van der Waals surface area contributed by atoms with Crippen LogP contribution in [0.1, 0.15) is 35.8 Å². The third-order valence-corrected chi connectivity index (χ3v) is 4.33. The van der Waals surface area contributed by atoms with Gasteiger partial charge in [0.1, 0.15) is 18.2 Å². The molecule has 0 amide bonds. The highest BCUT2D eigenvalue weighted by atomic mass is 16.5. The van der Waals surface area contributed by atoms with E-state index in [1.807, 2.05) is 26.4 Å². The minimum absolute atomic E-state index is 0.466. The maximum absolute atomic E-state index is 6.05. The van der Waals surface area contributed by atoms with Crippen LogP contribution in [0.15, 0.2) is 30.6 Å². The largest absolute Gasteiger partial charge is 0.491 e. The third kappa shape index (κ3) is 2.95. The van der Waals surface area contributed by atoms with E-state index in [2.05, 4.69) is 33.1 Å². The molecular weight excluding hydrogens is 262 g/mol. The smallest absolute Gasteiger partial charge is 0.122 e. The Hall–Kier alpha value is -1.81. The Kier molecular flexibility index (Phi) is 4.25. The van der Waals surface area contributed by atoms with Crippen LogP contribution >= 0.6 is 0 Å². The van der Waals surface area contributed by atoms with Crippen LogP contribution in [0.2, 0.25) is 0 Å². The summed E-state index contributed by atoms with van der Waals surface area (Å²) in [5.41, 5.74) is 2.78. The molecule has 0 bridgehead atoms. The van der Waals surface area contributed by atoms with E-state index in [0.29, 0.717) is 12.6 Å². The van der Waals surface area contributed by atoms with Crippen molar-refractivity contribution < 1.29 is 4.74 Å². The van der Waals surface area contributed by atoms with E-state index >= 15 is 0 Å². The van der Waals surface area contributed by atoms with Gasteiger partial charge >= 0.3 is 0 Å². The molecule has 1 aliphatic carbocycles. The van der Waals surface area contributed by atoms with Gasteiger partial charge in [0.05, 0.1) is 6.54 Å². The molecule has 0 saturated heterocycles. The number of rotatable bonds is 5. The predicted octanol–water partition coefficient (Wildman–Crippen LogP) is 2.87. The maximum atomic E-state index is 6.05. The zero-order valence-corrected chi connectivity index (χ0v) is 12.8. The number of hydrogen-bond donors (Lipinski definition) is 1. The Bertz CT molecular complexity index is 606. The summed E-state index contributed by atoms with van der Waals surface area (Å²) in [6.45, 7) is 3.53. The first kappa shape index (κ1) is 14.1. The number of nitrogens with zero attached hydrogens (tertiary/aromatic N) is 2. The number of ether oxygens (including phenoxy) is 1. The van der Waals surface area contributed by atoms with Crippen molar-refractivity contribution in [1.82, 2.24) is 14.9 Å². The Morgan fingerprint density at radius 2 is 2.33 bits per heavy atom. The first-order valence-corrected chi connectivity index (χ1v) is 7.69. The number of benzene rings is 1. The third-order valence-electron chi connectivity index (χ3n) is 4.33. The van der Waals surface area contributed by atoms with Crippen LogP contribution in [0.25, 0.3) is 0 Å². The number of aryl methyl sites for hydroxylation is 1. The van der Waals surface area contributed by atoms with Crippen molar-refractivity contribution in [2.45, 2.75) is 38.8 Å². The highest BCUT2D eigenvalue weighted by Crippen LogP contribution is 2.35. The molecule has 4 heteroatoms. The summed E-state index contributed by atoms with van der Waals surface area (Å²) in [5.74, 6) is 2.08. The molecule has 1 unspecified atom stereocenters. The second-order valence-corrected chi connectivity index (χ2v) is 5.57. The summed E-state index contributed by atoms with van der Waals surface area (Å²) in [4.78, 5) is 4.23. The standard InChI is InChI=1S/C17H23N3O/c1-13-19-9-10-20(13)11-12-21-17-8-4-5-14-15(17)6-3-7-16(14)18-2/h4-5,8-10,16,18H,3,6-7,11-12H2,1-2H3. The van der Waals surface area contributed by atoms with Crippen LogP contribution in [0, 0.1) is 6.92 Å². The molecule has 0 saturated carbocycles. The monoisotopic (exact) mass is 285 g/mol. The fourth-order valence-corrected chi connectivity index (χ4v) is 3.14. The van der Waals surface area contributed by atoms with Gasteiger partial charge < -0.3 is 14.6 Å². The molecular formula is C17H23N3O. The van der Waals surface area contributed by atoms with Gasteiger partial charge in [-0.1, -0.05) is 12.1 Å². The van der Waals surface area contributed by atoms with Gasteiger partial charge in [-0.2, -0.15) is 0 Å². The van der Waals surface area contributed by atoms with E-state index in [1.165, 1.54) is 24.0 Å². The van der Waals surface area contributed by atoms with Gasteiger partial charge in [-0.25, -0.2) is 4.98 Å². The highest BCUT2D eigenvalue weighted by Gasteiger charge is 2.21. The van der Waals surface area contributed by atoms with Gasteiger partial charge in [0.2, 0.25) is 0 Å². The van der Waals surface area contributed by atoms with Gasteiger partial charge in [0, 0.05) is 18.4 Å². The molecule has 1 heterocycles. The molecule has 0 radical (unpaired) electrons. The lowest BCUT2D eigenvalue weighted by molar-refractivity contribution is 0.291. The lowest BCUT2D eigenvalue weighted by atomic mass is 9.87. The topological polar surface area (TPSA) is 39.1 Å². The van der Waals surface area contributed by atoms with Gasteiger partial charge in [0.15, 0.2) is 0 Å². The molecule has 1 aromatic heterocycles. The summed E-state index contributed by atoms with van der Waals surface area (Å²) in [6.07, 6.45) is 7.38. The number of nitrogens with one attached hydrogen (secondary N) is 1. The van der Waals surface area contributed by atoms with Crippen LogP contribution < -0.4 is 10.1 Å². The Labute approximate surface area is 126 Å². The molecule has 1 aliphatic rings. The van der Waals surface area contributed by atoms with E-state index in [-0.39, 0.29) is 0 Å². The Balaban J connectivity index is 1.70. The highest BCUT2D eigenvalue weighted by molar-refractivity contribution is 5.43. The first-order valence-electron chi connectivity index (χ1n) is 7.69. The summed E-state index contributed by atoms with van der Waals surface area (Å²) in [6, 6.07) is 6.89. The van der Waals surface area contributed by atoms with Crippen molar-refractivity contribution in [1.29, 1.82) is 0 Å². The van der Waals surface area contributed by atoms with E-state index in [0.717, 1.165) is 24.5 Å². The average Bonchev–Trinajstić information content (AvgIpc) is 2.92. The van der Waals surface area contributed by atoms with E-state index in [1.54, 1.807) is 0 Å². The lowest BCUT2D eigenvalue weighted by Crippen LogP contribution is -2.22. The average molecular weight is 285 g/mol. The maximum Gasteiger partial charge on any atom is 0.122 e. The predicted molar refractivity (Wildman–Crippen MR) is 83.6 cm³/mol. The number of imidazole rings is 1. The minimum Gasteiger partial charge on any atom is -0.491 e. The molecule has 3 rings (SSSR count). The first-order chi connectivity index (χ1) is 10.3. The van der Waals surface area contributed by atoms with E-state index in [4.69, 9.17) is 4.74 Å². The molecule has 2 aromatic rings. The fourth-order valence-electron chi connectivity index (χ4n) is 3.14. The second kappa shape index (κ2) is 6.31. The van der Waals surface area contributed by atoms with Crippen LogP contribution in [0.5, 0.6) is 5.75 Å². The van der Waals surface area contributed by atoms with Crippen molar-refractivity contribution in [3.8, 4) is 5.75 Å². The van der Waals surface area contributed by atoms with Gasteiger partial charge in [0.25, 0.3) is 0 Å². The molecule has 21 heavy (non-hydrogen) atoms. The normalized spacial score (nSPS) is 17.5. The molecule has 112 valence electrons. The lowest BCUT2D eigenvalue weighted by Gasteiger charge is -2.27.